The van der Waals surface area contributed by atoms with E-state index in [-0.39, 0.29) is 6.61 Å². The van der Waals surface area contributed by atoms with Crippen molar-refractivity contribution in [2.45, 2.75) is 38.9 Å². The molecular formula is C19H25NO. The summed E-state index contributed by atoms with van der Waals surface area (Å²) in [5, 5.41) is 9.28. The lowest BCUT2D eigenvalue weighted by molar-refractivity contribution is 0.119. The summed E-state index contributed by atoms with van der Waals surface area (Å²) >= 11 is 0. The summed E-state index contributed by atoms with van der Waals surface area (Å²) in [6.07, 6.45) is 0.796. The third-order valence-corrected chi connectivity index (χ3v) is 4.10. The maximum absolute atomic E-state index is 9.28. The van der Waals surface area contributed by atoms with Crippen molar-refractivity contribution in [3.63, 3.8) is 0 Å². The lowest BCUT2D eigenvalue weighted by Gasteiger charge is -2.35. The lowest BCUT2D eigenvalue weighted by Crippen LogP contribution is -2.35. The highest BCUT2D eigenvalue weighted by Crippen LogP contribution is 2.25. The van der Waals surface area contributed by atoms with Gasteiger partial charge >= 0.3 is 0 Å². The normalized spacial score (nSPS) is 14.1. The van der Waals surface area contributed by atoms with Gasteiger partial charge < -0.3 is 5.11 Å². The van der Waals surface area contributed by atoms with Crippen LogP contribution in [0, 0.1) is 0 Å². The Morgan fingerprint density at radius 1 is 0.905 bits per heavy atom. The molecule has 0 aliphatic rings. The average molecular weight is 283 g/mol. The minimum absolute atomic E-state index is 0.230. The zero-order chi connectivity index (χ0) is 15.1. The van der Waals surface area contributed by atoms with Crippen molar-refractivity contribution in [1.29, 1.82) is 0 Å². The molecule has 2 nitrogen and oxygen atoms in total. The van der Waals surface area contributed by atoms with Gasteiger partial charge in [-0.3, -0.25) is 4.90 Å². The van der Waals surface area contributed by atoms with Crippen LogP contribution in [-0.2, 0) is 6.54 Å². The average Bonchev–Trinajstić information content (AvgIpc) is 2.54. The Morgan fingerprint density at radius 3 is 2.05 bits per heavy atom. The SMILES string of the molecule is C[C@H](CCO)N(Cc1ccccc1)[C@H](C)c1ccccc1. The summed E-state index contributed by atoms with van der Waals surface area (Å²) in [6, 6.07) is 21.8. The van der Waals surface area contributed by atoms with Gasteiger partial charge in [-0.15, -0.1) is 0 Å². The van der Waals surface area contributed by atoms with E-state index < -0.39 is 0 Å². The molecule has 2 heteroatoms. The van der Waals surface area contributed by atoms with Crippen LogP contribution < -0.4 is 0 Å². The van der Waals surface area contributed by atoms with E-state index in [0.717, 1.165) is 13.0 Å². The van der Waals surface area contributed by atoms with Crippen LogP contribution in [-0.4, -0.2) is 22.7 Å². The maximum Gasteiger partial charge on any atom is 0.0445 e. The van der Waals surface area contributed by atoms with Gasteiger partial charge in [-0.1, -0.05) is 60.7 Å². The molecule has 1 N–H and O–H groups in total. The van der Waals surface area contributed by atoms with Crippen molar-refractivity contribution in [1.82, 2.24) is 4.90 Å². The van der Waals surface area contributed by atoms with E-state index in [9.17, 15) is 5.11 Å². The molecule has 0 aliphatic carbocycles. The number of nitrogens with zero attached hydrogens (tertiary/aromatic N) is 1. The molecular weight excluding hydrogens is 258 g/mol. The summed E-state index contributed by atoms with van der Waals surface area (Å²) in [4.78, 5) is 2.46. The zero-order valence-corrected chi connectivity index (χ0v) is 12.9. The van der Waals surface area contributed by atoms with E-state index in [1.165, 1.54) is 11.1 Å². The van der Waals surface area contributed by atoms with Crippen molar-refractivity contribution in [2.24, 2.45) is 0 Å². The summed E-state index contributed by atoms with van der Waals surface area (Å²) in [6.45, 7) is 5.57. The highest BCUT2D eigenvalue weighted by atomic mass is 16.3. The van der Waals surface area contributed by atoms with Gasteiger partial charge in [-0.05, 0) is 31.4 Å². The maximum atomic E-state index is 9.28. The molecule has 0 amide bonds. The monoisotopic (exact) mass is 283 g/mol. The molecule has 0 radical (unpaired) electrons. The van der Waals surface area contributed by atoms with Crippen LogP contribution in [0.2, 0.25) is 0 Å². The fourth-order valence-corrected chi connectivity index (χ4v) is 2.74. The van der Waals surface area contributed by atoms with Gasteiger partial charge in [0.25, 0.3) is 0 Å². The molecule has 0 fully saturated rings. The van der Waals surface area contributed by atoms with Gasteiger partial charge in [0.2, 0.25) is 0 Å². The third-order valence-electron chi connectivity index (χ3n) is 4.10. The molecule has 0 bridgehead atoms. The van der Waals surface area contributed by atoms with Crippen molar-refractivity contribution >= 4 is 0 Å². The summed E-state index contributed by atoms with van der Waals surface area (Å²) in [7, 11) is 0. The molecule has 0 saturated heterocycles. The Hall–Kier alpha value is -1.64. The molecule has 0 unspecified atom stereocenters. The Labute approximate surface area is 128 Å². The van der Waals surface area contributed by atoms with E-state index in [2.05, 4.69) is 73.3 Å². The molecule has 2 atom stereocenters. The number of aliphatic hydroxyl groups is 1. The van der Waals surface area contributed by atoms with Crippen LogP contribution in [0.1, 0.15) is 37.4 Å². The number of benzene rings is 2. The molecule has 0 spiro atoms. The van der Waals surface area contributed by atoms with Crippen LogP contribution in [0.25, 0.3) is 0 Å². The van der Waals surface area contributed by atoms with Crippen LogP contribution in [0.3, 0.4) is 0 Å². The van der Waals surface area contributed by atoms with Crippen LogP contribution in [0.5, 0.6) is 0 Å². The second kappa shape index (κ2) is 7.96. The third kappa shape index (κ3) is 4.42. The predicted octanol–water partition coefficient (Wildman–Crippen LogP) is 4.02. The van der Waals surface area contributed by atoms with Gasteiger partial charge in [-0.25, -0.2) is 0 Å². The Kier molecular flexibility index (Phi) is 5.97. The van der Waals surface area contributed by atoms with Crippen molar-refractivity contribution < 1.29 is 5.11 Å². The largest absolute Gasteiger partial charge is 0.396 e. The Bertz CT molecular complexity index is 512. The topological polar surface area (TPSA) is 23.5 Å². The van der Waals surface area contributed by atoms with Crippen LogP contribution in [0.4, 0.5) is 0 Å². The molecule has 21 heavy (non-hydrogen) atoms. The predicted molar refractivity (Wildman–Crippen MR) is 88.0 cm³/mol. The van der Waals surface area contributed by atoms with Gasteiger partial charge in [0.1, 0.15) is 0 Å². The molecule has 2 rings (SSSR count). The first-order chi connectivity index (χ1) is 10.2. The van der Waals surface area contributed by atoms with Gasteiger partial charge in [0.15, 0.2) is 0 Å². The molecule has 0 aliphatic heterocycles. The highest BCUT2D eigenvalue weighted by Gasteiger charge is 2.21. The zero-order valence-electron chi connectivity index (χ0n) is 12.9. The second-order valence-electron chi connectivity index (χ2n) is 5.61. The minimum Gasteiger partial charge on any atom is -0.396 e. The molecule has 2 aromatic rings. The minimum atomic E-state index is 0.230. The van der Waals surface area contributed by atoms with E-state index in [1.54, 1.807) is 0 Å². The fraction of sp³-hybridized carbons (Fsp3) is 0.368. The fourth-order valence-electron chi connectivity index (χ4n) is 2.74. The molecule has 112 valence electrons. The lowest BCUT2D eigenvalue weighted by atomic mass is 10.0. The molecule has 0 heterocycles. The van der Waals surface area contributed by atoms with Gasteiger partial charge in [0, 0.05) is 25.2 Å². The number of hydrogen-bond donors (Lipinski definition) is 1. The number of aliphatic hydroxyl groups excluding tert-OH is 1. The Morgan fingerprint density at radius 2 is 1.48 bits per heavy atom. The van der Waals surface area contributed by atoms with Crippen molar-refractivity contribution in [3.8, 4) is 0 Å². The standard InChI is InChI=1S/C19H25NO/c1-16(13-14-21)20(15-18-9-5-3-6-10-18)17(2)19-11-7-4-8-12-19/h3-12,16-17,21H,13-15H2,1-2H3/t16-,17-/m1/s1. The molecule has 0 aromatic heterocycles. The first-order valence-corrected chi connectivity index (χ1v) is 7.68. The van der Waals surface area contributed by atoms with E-state index in [0.29, 0.717) is 12.1 Å². The second-order valence-corrected chi connectivity index (χ2v) is 5.61. The molecule has 2 aromatic carbocycles. The van der Waals surface area contributed by atoms with E-state index in [4.69, 9.17) is 0 Å². The molecule has 0 saturated carbocycles. The first kappa shape index (κ1) is 15.7. The highest BCUT2D eigenvalue weighted by molar-refractivity contribution is 5.20. The number of rotatable bonds is 7. The first-order valence-electron chi connectivity index (χ1n) is 7.68. The van der Waals surface area contributed by atoms with Crippen LogP contribution >= 0.6 is 0 Å². The van der Waals surface area contributed by atoms with E-state index in [1.807, 2.05) is 6.07 Å². The Balaban J connectivity index is 2.19. The quantitative estimate of drug-likeness (QED) is 0.829. The summed E-state index contributed by atoms with van der Waals surface area (Å²) in [5.74, 6) is 0. The van der Waals surface area contributed by atoms with Gasteiger partial charge in [0.05, 0.1) is 0 Å². The van der Waals surface area contributed by atoms with E-state index >= 15 is 0 Å². The van der Waals surface area contributed by atoms with Crippen LogP contribution in [0.15, 0.2) is 60.7 Å². The van der Waals surface area contributed by atoms with Crippen molar-refractivity contribution in [3.05, 3.63) is 71.8 Å². The smallest absolute Gasteiger partial charge is 0.0445 e. The van der Waals surface area contributed by atoms with Gasteiger partial charge in [-0.2, -0.15) is 0 Å². The number of hydrogen-bond acceptors (Lipinski definition) is 2. The summed E-state index contributed by atoms with van der Waals surface area (Å²) < 4.78 is 0. The summed E-state index contributed by atoms with van der Waals surface area (Å²) in [5.41, 5.74) is 2.63. The van der Waals surface area contributed by atoms with Crippen molar-refractivity contribution in [2.75, 3.05) is 6.61 Å².